The third-order valence-electron chi connectivity index (χ3n) is 5.85. The summed E-state index contributed by atoms with van der Waals surface area (Å²) < 4.78 is 0. The lowest BCUT2D eigenvalue weighted by Crippen LogP contribution is -2.33. The summed E-state index contributed by atoms with van der Waals surface area (Å²) in [5.74, 6) is 1.26. The zero-order valence-corrected chi connectivity index (χ0v) is 15.2. The molecule has 1 aliphatic carbocycles. The van der Waals surface area contributed by atoms with Crippen LogP contribution in [0.5, 0.6) is 11.5 Å². The minimum Gasteiger partial charge on any atom is -0.508 e. The summed E-state index contributed by atoms with van der Waals surface area (Å²) >= 11 is 0. The summed E-state index contributed by atoms with van der Waals surface area (Å²) in [5.41, 5.74) is 4.08. The fourth-order valence-electron chi connectivity index (χ4n) is 4.30. The topological polar surface area (TPSA) is 40.5 Å². The molecule has 2 aromatic carbocycles. The molecular weight excluding hydrogens is 308 g/mol. The van der Waals surface area contributed by atoms with Crippen molar-refractivity contribution in [2.24, 2.45) is 5.92 Å². The molecule has 3 rings (SSSR count). The van der Waals surface area contributed by atoms with Gasteiger partial charge in [-0.2, -0.15) is 0 Å². The maximum Gasteiger partial charge on any atom is 0.115 e. The average molecular weight is 336 g/mol. The first-order valence-electron chi connectivity index (χ1n) is 9.31. The summed E-state index contributed by atoms with van der Waals surface area (Å²) in [7, 11) is 0. The van der Waals surface area contributed by atoms with E-state index < -0.39 is 0 Å². The van der Waals surface area contributed by atoms with E-state index in [1.807, 2.05) is 24.3 Å². The van der Waals surface area contributed by atoms with Crippen LogP contribution < -0.4 is 0 Å². The van der Waals surface area contributed by atoms with E-state index in [9.17, 15) is 10.2 Å². The number of phenolic OH excluding ortho intramolecular Hbond substituents is 2. The number of hydrogen-bond donors (Lipinski definition) is 2. The van der Waals surface area contributed by atoms with Crippen molar-refractivity contribution in [2.75, 3.05) is 0 Å². The van der Waals surface area contributed by atoms with Gasteiger partial charge in [0.2, 0.25) is 0 Å². The van der Waals surface area contributed by atoms with Gasteiger partial charge in [-0.1, -0.05) is 50.6 Å². The summed E-state index contributed by atoms with van der Waals surface area (Å²) in [4.78, 5) is 0. The molecule has 0 aliphatic heterocycles. The van der Waals surface area contributed by atoms with E-state index in [2.05, 4.69) is 32.1 Å². The molecule has 0 heterocycles. The van der Waals surface area contributed by atoms with Crippen molar-refractivity contribution in [3.8, 4) is 11.5 Å². The Hall–Kier alpha value is -2.22. The molecule has 0 saturated heterocycles. The van der Waals surface area contributed by atoms with E-state index >= 15 is 0 Å². The predicted octanol–water partition coefficient (Wildman–Crippen LogP) is 6.04. The van der Waals surface area contributed by atoms with Crippen LogP contribution in [0.1, 0.15) is 57.1 Å². The molecule has 2 N–H and O–H groups in total. The van der Waals surface area contributed by atoms with Gasteiger partial charge in [-0.25, -0.2) is 0 Å². The minimum atomic E-state index is 0.138. The van der Waals surface area contributed by atoms with Crippen LogP contribution in [-0.4, -0.2) is 10.2 Å². The Morgan fingerprint density at radius 2 is 1.56 bits per heavy atom. The molecule has 2 nitrogen and oxygen atoms in total. The van der Waals surface area contributed by atoms with Gasteiger partial charge in [0.25, 0.3) is 0 Å². The van der Waals surface area contributed by atoms with Gasteiger partial charge in [-0.3, -0.25) is 0 Å². The first-order valence-corrected chi connectivity index (χ1v) is 9.31. The molecule has 2 atom stereocenters. The number of rotatable bonds is 5. The Labute approximate surface area is 150 Å². The smallest absolute Gasteiger partial charge is 0.115 e. The van der Waals surface area contributed by atoms with Gasteiger partial charge in [0, 0.05) is 0 Å². The maximum atomic E-state index is 9.62. The summed E-state index contributed by atoms with van der Waals surface area (Å²) in [6, 6.07) is 15.3. The molecule has 0 aromatic heterocycles. The predicted molar refractivity (Wildman–Crippen MR) is 104 cm³/mol. The lowest BCUT2D eigenvalue weighted by molar-refractivity contribution is 0.252. The Kier molecular flexibility index (Phi) is 5.17. The van der Waals surface area contributed by atoms with Gasteiger partial charge >= 0.3 is 0 Å². The van der Waals surface area contributed by atoms with Crippen molar-refractivity contribution in [2.45, 2.75) is 51.4 Å². The van der Waals surface area contributed by atoms with Crippen LogP contribution in [0.15, 0.2) is 54.6 Å². The van der Waals surface area contributed by atoms with Crippen LogP contribution in [0.4, 0.5) is 0 Å². The zero-order valence-electron chi connectivity index (χ0n) is 15.2. The molecule has 0 radical (unpaired) electrons. The quantitative estimate of drug-likeness (QED) is 0.699. The van der Waals surface area contributed by atoms with Gasteiger partial charge in [0.1, 0.15) is 11.5 Å². The van der Waals surface area contributed by atoms with Crippen molar-refractivity contribution >= 4 is 5.57 Å². The van der Waals surface area contributed by atoms with Crippen LogP contribution in [0, 0.1) is 5.92 Å². The van der Waals surface area contributed by atoms with Crippen LogP contribution >= 0.6 is 0 Å². The highest BCUT2D eigenvalue weighted by molar-refractivity contribution is 5.66. The Bertz CT molecular complexity index is 728. The van der Waals surface area contributed by atoms with Crippen LogP contribution in [0.3, 0.4) is 0 Å². The van der Waals surface area contributed by atoms with Crippen LogP contribution in [0.2, 0.25) is 0 Å². The molecule has 2 aromatic rings. The van der Waals surface area contributed by atoms with E-state index in [1.54, 1.807) is 12.1 Å². The molecule has 0 saturated carbocycles. The molecular formula is C23H28O2. The summed E-state index contributed by atoms with van der Waals surface area (Å²) in [6.45, 7) is 4.63. The van der Waals surface area contributed by atoms with Crippen LogP contribution in [0.25, 0.3) is 5.57 Å². The molecule has 1 aliphatic rings. The second kappa shape index (κ2) is 7.35. The molecule has 25 heavy (non-hydrogen) atoms. The van der Waals surface area contributed by atoms with E-state index in [0.29, 0.717) is 17.4 Å². The Morgan fingerprint density at radius 3 is 2.08 bits per heavy atom. The van der Waals surface area contributed by atoms with Crippen molar-refractivity contribution in [1.82, 2.24) is 0 Å². The fraction of sp³-hybridized carbons (Fsp3) is 0.391. The van der Waals surface area contributed by atoms with E-state index in [0.717, 1.165) is 25.7 Å². The van der Waals surface area contributed by atoms with Gasteiger partial charge in [-0.15, -0.1) is 0 Å². The first-order chi connectivity index (χ1) is 12.0. The summed E-state index contributed by atoms with van der Waals surface area (Å²) in [5, 5.41) is 19.1. The second-order valence-electron chi connectivity index (χ2n) is 7.46. The second-order valence-corrected chi connectivity index (χ2v) is 7.46. The number of benzene rings is 2. The highest BCUT2D eigenvalue weighted by atomic mass is 16.3. The summed E-state index contributed by atoms with van der Waals surface area (Å²) in [6.07, 6.45) is 8.02. The fourth-order valence-corrected chi connectivity index (χ4v) is 4.30. The van der Waals surface area contributed by atoms with Gasteiger partial charge in [0.05, 0.1) is 0 Å². The maximum absolute atomic E-state index is 9.62. The molecule has 0 amide bonds. The average Bonchev–Trinajstić information content (AvgIpc) is 2.63. The van der Waals surface area contributed by atoms with E-state index in [-0.39, 0.29) is 5.41 Å². The SMILES string of the molecule is CCCC(C)(c1ccc(O)cc1)C1CC=C(c2ccc(O)cc2)CC1. The monoisotopic (exact) mass is 336 g/mol. The van der Waals surface area contributed by atoms with Gasteiger partial charge < -0.3 is 10.2 Å². The molecule has 2 unspecified atom stereocenters. The number of aromatic hydroxyl groups is 2. The standard InChI is InChI=1S/C23H28O2/c1-3-16-23(2,20-10-14-22(25)15-11-20)19-8-4-17(5-9-19)18-6-12-21(24)13-7-18/h4,6-7,10-15,19,24-25H,3,5,8-9,16H2,1-2H3. The third kappa shape index (κ3) is 3.73. The normalized spacial score (nSPS) is 19.9. The van der Waals surface area contributed by atoms with E-state index in [4.69, 9.17) is 0 Å². The van der Waals surface area contributed by atoms with Crippen molar-refractivity contribution < 1.29 is 10.2 Å². The lowest BCUT2D eigenvalue weighted by atomic mass is 9.64. The minimum absolute atomic E-state index is 0.138. The molecule has 0 fully saturated rings. The van der Waals surface area contributed by atoms with E-state index in [1.165, 1.54) is 23.1 Å². The molecule has 0 spiro atoms. The lowest BCUT2D eigenvalue weighted by Gasteiger charge is -2.40. The largest absolute Gasteiger partial charge is 0.508 e. The van der Waals surface area contributed by atoms with Gasteiger partial charge in [-0.05, 0) is 78.0 Å². The van der Waals surface area contributed by atoms with Crippen molar-refractivity contribution in [3.63, 3.8) is 0 Å². The molecule has 132 valence electrons. The first kappa shape index (κ1) is 17.6. The highest BCUT2D eigenvalue weighted by Crippen LogP contribution is 2.45. The number of allylic oxidation sites excluding steroid dienone is 2. The number of hydrogen-bond acceptors (Lipinski definition) is 2. The molecule has 0 bridgehead atoms. The zero-order chi connectivity index (χ0) is 17.9. The third-order valence-corrected chi connectivity index (χ3v) is 5.85. The van der Waals surface area contributed by atoms with Gasteiger partial charge in [0.15, 0.2) is 0 Å². The van der Waals surface area contributed by atoms with Crippen molar-refractivity contribution in [3.05, 3.63) is 65.7 Å². The number of phenols is 2. The highest BCUT2D eigenvalue weighted by Gasteiger charge is 2.35. The Balaban J connectivity index is 1.82. The Morgan fingerprint density at radius 1 is 0.960 bits per heavy atom. The van der Waals surface area contributed by atoms with Crippen LogP contribution in [-0.2, 0) is 5.41 Å². The van der Waals surface area contributed by atoms with Crippen molar-refractivity contribution in [1.29, 1.82) is 0 Å². The molecule has 2 heteroatoms.